The molecule has 0 spiro atoms. The Morgan fingerprint density at radius 1 is 1.12 bits per heavy atom. The van der Waals surface area contributed by atoms with E-state index in [1.54, 1.807) is 7.11 Å². The summed E-state index contributed by atoms with van der Waals surface area (Å²) in [6, 6.07) is 8.04. The Bertz CT molecular complexity index is 539. The van der Waals surface area contributed by atoms with Crippen LogP contribution in [0.3, 0.4) is 0 Å². The number of rotatable bonds is 7. The summed E-state index contributed by atoms with van der Waals surface area (Å²) in [6.45, 7) is 6.52. The first kappa shape index (κ1) is 18.1. The number of anilines is 1. The lowest BCUT2D eigenvalue weighted by molar-refractivity contribution is -0.892. The quantitative estimate of drug-likeness (QED) is 0.576. The molecule has 2 rings (SSSR count). The number of nitrogens with one attached hydrogen (secondary N) is 3. The number of methoxy groups -OCH3 is 1. The third-order valence-electron chi connectivity index (χ3n) is 4.14. The van der Waals surface area contributed by atoms with Crippen LogP contribution in [0.5, 0.6) is 5.75 Å². The number of likely N-dealkylation sites (N-methyl/N-ethyl adjacent to an activating group) is 1. The van der Waals surface area contributed by atoms with E-state index in [2.05, 4.69) is 27.7 Å². The summed E-state index contributed by atoms with van der Waals surface area (Å²) < 4.78 is 5.18. The molecule has 7 heteroatoms. The Morgan fingerprint density at radius 2 is 1.79 bits per heavy atom. The number of quaternary nitrogens is 1. The smallest absolute Gasteiger partial charge is 0.275 e. The molecule has 0 aromatic heterocycles. The van der Waals surface area contributed by atoms with Crippen molar-refractivity contribution >= 4 is 17.5 Å². The molecule has 132 valence electrons. The molecule has 0 unspecified atom stereocenters. The van der Waals surface area contributed by atoms with Gasteiger partial charge in [-0.2, -0.15) is 0 Å². The van der Waals surface area contributed by atoms with Crippen LogP contribution in [-0.2, 0) is 9.59 Å². The Labute approximate surface area is 142 Å². The lowest BCUT2D eigenvalue weighted by Crippen LogP contribution is -3.16. The Morgan fingerprint density at radius 3 is 2.38 bits per heavy atom. The van der Waals surface area contributed by atoms with Crippen molar-refractivity contribution in [2.45, 2.75) is 6.92 Å². The number of benzene rings is 1. The molecule has 24 heavy (non-hydrogen) atoms. The number of amides is 2. The molecule has 1 saturated heterocycles. The number of nitrogens with zero attached hydrogens (tertiary/aromatic N) is 1. The minimum Gasteiger partial charge on any atom is -0.497 e. The maximum Gasteiger partial charge on any atom is 0.275 e. The van der Waals surface area contributed by atoms with Gasteiger partial charge in [0.2, 0.25) is 5.91 Å². The zero-order valence-electron chi connectivity index (χ0n) is 14.4. The van der Waals surface area contributed by atoms with E-state index in [1.165, 1.54) is 10.6 Å². The van der Waals surface area contributed by atoms with Crippen LogP contribution in [0.2, 0.25) is 0 Å². The molecule has 0 saturated carbocycles. The number of ether oxygens (including phenoxy) is 1. The Balaban J connectivity index is 1.72. The van der Waals surface area contributed by atoms with Crippen molar-refractivity contribution in [1.82, 2.24) is 10.6 Å². The molecule has 0 atom stereocenters. The zero-order valence-corrected chi connectivity index (χ0v) is 14.4. The minimum absolute atomic E-state index is 0.0535. The standard InChI is InChI=1S/C17H26N4O3/c1-3-18-16(22)12-19-17(23)13-20-8-10-21(11-9-20)14-4-6-15(24-2)7-5-14/h4-7H,3,8-13H2,1-2H3,(H,18,22)(H,19,23)/p+1. The normalized spacial score (nSPS) is 15.0. The molecule has 0 aliphatic carbocycles. The van der Waals surface area contributed by atoms with E-state index in [0.29, 0.717) is 13.1 Å². The minimum atomic E-state index is -0.148. The van der Waals surface area contributed by atoms with Crippen LogP contribution in [0.25, 0.3) is 0 Å². The van der Waals surface area contributed by atoms with Crippen LogP contribution in [0.1, 0.15) is 6.92 Å². The SMILES string of the molecule is CCNC(=O)CNC(=O)C[NH+]1CCN(c2ccc(OC)cc2)CC1. The van der Waals surface area contributed by atoms with Gasteiger partial charge in [0.05, 0.1) is 39.8 Å². The average Bonchev–Trinajstić information content (AvgIpc) is 2.61. The lowest BCUT2D eigenvalue weighted by atomic mass is 10.2. The predicted molar refractivity (Wildman–Crippen MR) is 92.5 cm³/mol. The fourth-order valence-electron chi connectivity index (χ4n) is 2.78. The van der Waals surface area contributed by atoms with Crippen LogP contribution < -0.4 is 25.2 Å². The monoisotopic (exact) mass is 335 g/mol. The number of hydrogen-bond donors (Lipinski definition) is 3. The lowest BCUT2D eigenvalue weighted by Gasteiger charge is -2.33. The van der Waals surface area contributed by atoms with Crippen LogP contribution in [0.15, 0.2) is 24.3 Å². The highest BCUT2D eigenvalue weighted by Crippen LogP contribution is 2.18. The summed E-state index contributed by atoms with van der Waals surface area (Å²) in [6.07, 6.45) is 0. The first-order valence-corrected chi connectivity index (χ1v) is 8.38. The van der Waals surface area contributed by atoms with E-state index in [4.69, 9.17) is 4.74 Å². The fraction of sp³-hybridized carbons (Fsp3) is 0.529. The van der Waals surface area contributed by atoms with Crippen molar-refractivity contribution in [3.05, 3.63) is 24.3 Å². The molecule has 0 radical (unpaired) electrons. The topological polar surface area (TPSA) is 75.1 Å². The predicted octanol–water partition coefficient (Wildman–Crippen LogP) is -1.35. The van der Waals surface area contributed by atoms with E-state index < -0.39 is 0 Å². The van der Waals surface area contributed by atoms with Crippen molar-refractivity contribution < 1.29 is 19.2 Å². The molecule has 1 aliphatic rings. The van der Waals surface area contributed by atoms with E-state index in [9.17, 15) is 9.59 Å². The van der Waals surface area contributed by atoms with Gasteiger partial charge in [-0.1, -0.05) is 0 Å². The van der Waals surface area contributed by atoms with Crippen LogP contribution in [0, 0.1) is 0 Å². The molecule has 1 aromatic rings. The van der Waals surface area contributed by atoms with E-state index in [-0.39, 0.29) is 18.4 Å². The summed E-state index contributed by atoms with van der Waals surface area (Å²) >= 11 is 0. The average molecular weight is 335 g/mol. The fourth-order valence-corrected chi connectivity index (χ4v) is 2.78. The molecule has 1 aliphatic heterocycles. The largest absolute Gasteiger partial charge is 0.497 e. The second-order valence-corrected chi connectivity index (χ2v) is 5.84. The molecular weight excluding hydrogens is 308 g/mol. The van der Waals surface area contributed by atoms with Gasteiger partial charge in [-0.3, -0.25) is 9.59 Å². The van der Waals surface area contributed by atoms with Crippen LogP contribution >= 0.6 is 0 Å². The molecule has 0 bridgehead atoms. The highest BCUT2D eigenvalue weighted by atomic mass is 16.5. The summed E-state index contributed by atoms with van der Waals surface area (Å²) in [4.78, 5) is 26.8. The van der Waals surface area contributed by atoms with Crippen LogP contribution in [-0.4, -0.2) is 64.7 Å². The van der Waals surface area contributed by atoms with E-state index in [1.807, 2.05) is 19.1 Å². The number of hydrogen-bond acceptors (Lipinski definition) is 4. The second kappa shape index (κ2) is 9.12. The first-order valence-electron chi connectivity index (χ1n) is 8.38. The summed E-state index contributed by atoms with van der Waals surface area (Å²) in [5.74, 6) is 0.631. The third kappa shape index (κ3) is 5.42. The Kier molecular flexibility index (Phi) is 6.87. The van der Waals surface area contributed by atoms with Crippen molar-refractivity contribution in [2.75, 3.05) is 57.8 Å². The molecule has 1 fully saturated rings. The Hall–Kier alpha value is -2.28. The van der Waals surface area contributed by atoms with Gasteiger partial charge in [-0.05, 0) is 31.2 Å². The molecule has 3 N–H and O–H groups in total. The highest BCUT2D eigenvalue weighted by Gasteiger charge is 2.22. The first-order chi connectivity index (χ1) is 11.6. The van der Waals surface area contributed by atoms with E-state index >= 15 is 0 Å². The van der Waals surface area contributed by atoms with Gasteiger partial charge >= 0.3 is 0 Å². The second-order valence-electron chi connectivity index (χ2n) is 5.84. The van der Waals surface area contributed by atoms with Gasteiger partial charge in [0.15, 0.2) is 6.54 Å². The summed E-state index contributed by atoms with van der Waals surface area (Å²) in [5, 5.41) is 5.33. The van der Waals surface area contributed by atoms with Gasteiger partial charge in [0.1, 0.15) is 5.75 Å². The maximum atomic E-state index is 11.9. The summed E-state index contributed by atoms with van der Waals surface area (Å²) in [7, 11) is 1.66. The molecule has 1 aromatic carbocycles. The molecular formula is C17H27N4O3+. The highest BCUT2D eigenvalue weighted by molar-refractivity contribution is 5.84. The van der Waals surface area contributed by atoms with Crippen molar-refractivity contribution in [1.29, 1.82) is 0 Å². The van der Waals surface area contributed by atoms with Crippen molar-refractivity contribution in [2.24, 2.45) is 0 Å². The van der Waals surface area contributed by atoms with Crippen molar-refractivity contribution in [3.63, 3.8) is 0 Å². The van der Waals surface area contributed by atoms with Crippen LogP contribution in [0.4, 0.5) is 5.69 Å². The van der Waals surface area contributed by atoms with Gasteiger partial charge in [-0.25, -0.2) is 0 Å². The zero-order chi connectivity index (χ0) is 17.4. The maximum absolute atomic E-state index is 11.9. The van der Waals surface area contributed by atoms with Gasteiger partial charge in [0, 0.05) is 12.2 Å². The van der Waals surface area contributed by atoms with Gasteiger partial charge in [0.25, 0.3) is 5.91 Å². The van der Waals surface area contributed by atoms with Gasteiger partial charge < -0.3 is 25.2 Å². The third-order valence-corrected chi connectivity index (χ3v) is 4.14. The number of carbonyl (C=O) groups excluding carboxylic acids is 2. The van der Waals surface area contributed by atoms with E-state index in [0.717, 1.165) is 31.9 Å². The number of piperazine rings is 1. The molecule has 2 amide bonds. The molecule has 1 heterocycles. The summed E-state index contributed by atoms with van der Waals surface area (Å²) in [5.41, 5.74) is 1.18. The number of carbonyl (C=O) groups is 2. The van der Waals surface area contributed by atoms with Gasteiger partial charge in [-0.15, -0.1) is 0 Å². The molecule has 7 nitrogen and oxygen atoms in total. The van der Waals surface area contributed by atoms with Crippen molar-refractivity contribution in [3.8, 4) is 5.75 Å².